The van der Waals surface area contributed by atoms with Crippen LogP contribution < -0.4 is 15.5 Å². The molecular weight excluding hydrogens is 522 g/mol. The van der Waals surface area contributed by atoms with Gasteiger partial charge in [-0.3, -0.25) is 9.59 Å². The van der Waals surface area contributed by atoms with Crippen LogP contribution in [0.15, 0.2) is 77.4 Å². The van der Waals surface area contributed by atoms with Gasteiger partial charge in [0.25, 0.3) is 0 Å². The van der Waals surface area contributed by atoms with Gasteiger partial charge in [0.2, 0.25) is 11.8 Å². The number of benzene rings is 2. The molecule has 2 fully saturated rings. The van der Waals surface area contributed by atoms with Gasteiger partial charge < -0.3 is 29.8 Å². The molecule has 5 rings (SSSR count). The number of nitrogens with zero attached hydrogens (tertiary/aromatic N) is 3. The Balaban J connectivity index is 1.40. The van der Waals surface area contributed by atoms with Crippen LogP contribution >= 0.6 is 12.2 Å². The van der Waals surface area contributed by atoms with E-state index < -0.39 is 5.54 Å². The van der Waals surface area contributed by atoms with E-state index >= 15 is 0 Å². The number of nitrogens with one attached hydrogen (secondary N) is 2. The number of furan rings is 1. The summed E-state index contributed by atoms with van der Waals surface area (Å²) in [6, 6.07) is 21.5. The van der Waals surface area contributed by atoms with Gasteiger partial charge in [-0.1, -0.05) is 49.6 Å². The summed E-state index contributed by atoms with van der Waals surface area (Å²) in [5.41, 5.74) is 1.89. The van der Waals surface area contributed by atoms with Crippen LogP contribution in [-0.2, 0) is 16.1 Å². The fourth-order valence-electron chi connectivity index (χ4n) is 5.73. The molecule has 0 unspecified atom stereocenters. The summed E-state index contributed by atoms with van der Waals surface area (Å²) in [4.78, 5) is 33.9. The van der Waals surface area contributed by atoms with E-state index in [4.69, 9.17) is 16.6 Å². The Morgan fingerprint density at radius 1 is 1.02 bits per heavy atom. The average molecular weight is 560 g/mol. The number of thiocarbonyl (C=S) groups is 1. The zero-order valence-electron chi connectivity index (χ0n) is 23.1. The quantitative estimate of drug-likeness (QED) is 0.359. The number of carbonyl (C=O) groups excluding carboxylic acids is 2. The molecule has 0 radical (unpaired) electrons. The molecule has 2 heterocycles. The first kappa shape index (κ1) is 27.7. The van der Waals surface area contributed by atoms with Crippen LogP contribution in [-0.4, -0.2) is 59.5 Å². The molecule has 0 spiro atoms. The van der Waals surface area contributed by atoms with E-state index in [1.165, 1.54) is 0 Å². The highest BCUT2D eigenvalue weighted by atomic mass is 32.1. The van der Waals surface area contributed by atoms with Gasteiger partial charge in [0.05, 0.1) is 25.4 Å². The van der Waals surface area contributed by atoms with Crippen molar-refractivity contribution in [3.63, 3.8) is 0 Å². The first-order valence-corrected chi connectivity index (χ1v) is 14.3. The third-order valence-electron chi connectivity index (χ3n) is 7.97. The molecule has 1 aliphatic heterocycles. The maximum atomic E-state index is 14.2. The molecule has 1 saturated heterocycles. The minimum atomic E-state index is -0.990. The van der Waals surface area contributed by atoms with Gasteiger partial charge in [-0.25, -0.2) is 0 Å². The minimum Gasteiger partial charge on any atom is -0.467 e. The van der Waals surface area contributed by atoms with Gasteiger partial charge in [-0.05, 0) is 67.0 Å². The SMILES string of the molecule is CN(C)c1ccc(NC(=O)C2(N(Cc3ccco3)C(=O)CN3C[C@@H](c4ccccc4)NC3=S)CCCCC2)cc1. The average Bonchev–Trinajstić information content (AvgIpc) is 3.62. The van der Waals surface area contributed by atoms with Crippen molar-refractivity contribution in [2.75, 3.05) is 37.4 Å². The van der Waals surface area contributed by atoms with Gasteiger partial charge in [0.1, 0.15) is 11.3 Å². The Morgan fingerprint density at radius 2 is 1.75 bits per heavy atom. The lowest BCUT2D eigenvalue weighted by molar-refractivity contribution is -0.149. The van der Waals surface area contributed by atoms with Gasteiger partial charge in [0.15, 0.2) is 5.11 Å². The van der Waals surface area contributed by atoms with Crippen molar-refractivity contribution in [1.82, 2.24) is 15.1 Å². The monoisotopic (exact) mass is 559 g/mol. The van der Waals surface area contributed by atoms with Gasteiger partial charge in [-0.15, -0.1) is 0 Å². The van der Waals surface area contributed by atoms with Crippen molar-refractivity contribution in [3.05, 3.63) is 84.3 Å². The largest absolute Gasteiger partial charge is 0.467 e. The predicted molar refractivity (Wildman–Crippen MR) is 161 cm³/mol. The third kappa shape index (κ3) is 5.99. The Hall–Kier alpha value is -3.85. The summed E-state index contributed by atoms with van der Waals surface area (Å²) >= 11 is 5.63. The van der Waals surface area contributed by atoms with Crippen LogP contribution in [0.25, 0.3) is 0 Å². The maximum absolute atomic E-state index is 14.2. The molecule has 3 aromatic rings. The molecule has 1 saturated carbocycles. The first-order chi connectivity index (χ1) is 19.4. The molecule has 1 atom stereocenters. The number of hydrogen-bond acceptors (Lipinski definition) is 5. The van der Waals surface area contributed by atoms with Gasteiger partial charge in [-0.2, -0.15) is 0 Å². The summed E-state index contributed by atoms with van der Waals surface area (Å²) in [5.74, 6) is 0.342. The number of carbonyl (C=O) groups is 2. The molecule has 9 heteroatoms. The van der Waals surface area contributed by atoms with E-state index in [1.54, 1.807) is 11.2 Å². The first-order valence-electron chi connectivity index (χ1n) is 13.9. The van der Waals surface area contributed by atoms with Crippen LogP contribution in [0.3, 0.4) is 0 Å². The molecule has 8 nitrogen and oxygen atoms in total. The molecule has 2 N–H and O–H groups in total. The highest BCUT2D eigenvalue weighted by Crippen LogP contribution is 2.37. The molecule has 2 aromatic carbocycles. The van der Waals surface area contributed by atoms with Crippen LogP contribution in [0.5, 0.6) is 0 Å². The molecule has 2 amide bonds. The molecule has 1 aromatic heterocycles. The Morgan fingerprint density at radius 3 is 2.40 bits per heavy atom. The van der Waals surface area contributed by atoms with Crippen molar-refractivity contribution in [2.45, 2.75) is 50.2 Å². The van der Waals surface area contributed by atoms with E-state index in [2.05, 4.69) is 22.8 Å². The number of amides is 2. The lowest BCUT2D eigenvalue weighted by atomic mass is 9.79. The highest BCUT2D eigenvalue weighted by molar-refractivity contribution is 7.80. The second kappa shape index (κ2) is 12.1. The standard InChI is InChI=1S/C31H37N5O3S/c1-34(2)25-15-13-24(14-16-25)32-29(38)31(17-7-4-8-18-31)36(20-26-12-9-19-39-26)28(37)22-35-21-27(33-30(35)40)23-10-5-3-6-11-23/h3,5-6,9-16,19,27H,4,7-8,17-18,20-22H2,1-2H3,(H,32,38)(H,33,40)/t27-/m0/s1. The van der Waals surface area contributed by atoms with E-state index in [0.29, 0.717) is 35.9 Å². The van der Waals surface area contributed by atoms with E-state index in [1.807, 2.05) is 78.5 Å². The van der Waals surface area contributed by atoms with Crippen LogP contribution in [0.4, 0.5) is 11.4 Å². The number of anilines is 2. The molecule has 210 valence electrons. The Kier molecular flexibility index (Phi) is 8.40. The molecule has 1 aliphatic carbocycles. The number of rotatable bonds is 9. The summed E-state index contributed by atoms with van der Waals surface area (Å²) in [6.45, 7) is 0.887. The van der Waals surface area contributed by atoms with Crippen LogP contribution in [0.2, 0.25) is 0 Å². The van der Waals surface area contributed by atoms with Crippen LogP contribution in [0.1, 0.15) is 49.5 Å². The minimum absolute atomic E-state index is 0.0112. The smallest absolute Gasteiger partial charge is 0.250 e. The van der Waals surface area contributed by atoms with Gasteiger partial charge in [0, 0.05) is 32.0 Å². The normalized spacial score (nSPS) is 18.2. The lowest BCUT2D eigenvalue weighted by Crippen LogP contribution is -2.61. The van der Waals surface area contributed by atoms with Crippen LogP contribution in [0, 0.1) is 0 Å². The number of hydrogen-bond donors (Lipinski definition) is 2. The van der Waals surface area contributed by atoms with Crippen molar-refractivity contribution in [3.8, 4) is 0 Å². The predicted octanol–water partition coefficient (Wildman–Crippen LogP) is 4.95. The molecular formula is C31H37N5O3S. The summed E-state index contributed by atoms with van der Waals surface area (Å²) in [5, 5.41) is 7.03. The molecule has 0 bridgehead atoms. The van der Waals surface area contributed by atoms with E-state index in [0.717, 1.165) is 30.5 Å². The van der Waals surface area contributed by atoms with Gasteiger partial charge >= 0.3 is 0 Å². The van der Waals surface area contributed by atoms with E-state index in [-0.39, 0.29) is 30.9 Å². The zero-order chi connectivity index (χ0) is 28.1. The molecule has 2 aliphatic rings. The fourth-order valence-corrected chi connectivity index (χ4v) is 6.01. The van der Waals surface area contributed by atoms with Crippen molar-refractivity contribution in [2.24, 2.45) is 0 Å². The van der Waals surface area contributed by atoms with Crippen molar-refractivity contribution in [1.29, 1.82) is 0 Å². The van der Waals surface area contributed by atoms with Crippen molar-refractivity contribution >= 4 is 40.5 Å². The highest BCUT2D eigenvalue weighted by Gasteiger charge is 2.48. The summed E-state index contributed by atoms with van der Waals surface area (Å²) < 4.78 is 5.67. The van der Waals surface area contributed by atoms with Crippen molar-refractivity contribution < 1.29 is 14.0 Å². The zero-order valence-corrected chi connectivity index (χ0v) is 24.0. The topological polar surface area (TPSA) is 81.1 Å². The second-order valence-corrected chi connectivity index (χ2v) is 11.2. The third-order valence-corrected chi connectivity index (χ3v) is 8.35. The molecule has 40 heavy (non-hydrogen) atoms. The fraction of sp³-hybridized carbons (Fsp3) is 0.387. The maximum Gasteiger partial charge on any atom is 0.250 e. The summed E-state index contributed by atoms with van der Waals surface area (Å²) in [7, 11) is 3.96. The lowest BCUT2D eigenvalue weighted by Gasteiger charge is -2.45. The Labute approximate surface area is 241 Å². The van der Waals surface area contributed by atoms with E-state index in [9.17, 15) is 9.59 Å². The Bertz CT molecular complexity index is 1300. The summed E-state index contributed by atoms with van der Waals surface area (Å²) in [6.07, 6.45) is 5.56. The second-order valence-electron chi connectivity index (χ2n) is 10.8.